The number of carbonyl (C=O) groups is 1. The van der Waals surface area contributed by atoms with Crippen LogP contribution >= 0.6 is 11.6 Å². The van der Waals surface area contributed by atoms with E-state index in [4.69, 9.17) is 16.3 Å². The van der Waals surface area contributed by atoms with Crippen LogP contribution in [0.15, 0.2) is 24.4 Å². The van der Waals surface area contributed by atoms with Crippen LogP contribution in [0.3, 0.4) is 0 Å². The van der Waals surface area contributed by atoms with E-state index in [0.29, 0.717) is 17.9 Å². The number of likely N-dealkylation sites (tertiary alicyclic amines) is 1. The van der Waals surface area contributed by atoms with Crippen molar-refractivity contribution in [2.24, 2.45) is 18.9 Å². The molecule has 7 nitrogen and oxygen atoms in total. The van der Waals surface area contributed by atoms with Crippen LogP contribution in [0, 0.1) is 18.8 Å². The summed E-state index contributed by atoms with van der Waals surface area (Å²) < 4.78 is 7.40. The number of fused-ring (bicyclic) bond motifs is 2. The number of nitrogens with zero attached hydrogens (tertiary/aromatic N) is 3. The normalized spacial score (nSPS) is 22.7. The molecule has 176 valence electrons. The molecule has 2 aliphatic rings. The number of hydrogen-bond donors (Lipinski definition) is 2. The first-order valence-corrected chi connectivity index (χ1v) is 12.0. The fraction of sp³-hybridized carbons (Fsp3) is 0.520. The highest BCUT2D eigenvalue weighted by Crippen LogP contribution is 2.42. The first kappa shape index (κ1) is 22.1. The van der Waals surface area contributed by atoms with Gasteiger partial charge in [0, 0.05) is 54.5 Å². The summed E-state index contributed by atoms with van der Waals surface area (Å²) in [5, 5.41) is 10.0. The molecule has 5 rings (SSSR count). The highest BCUT2D eigenvalue weighted by molar-refractivity contribution is 6.35. The lowest BCUT2D eigenvalue weighted by atomic mass is 10.0. The van der Waals surface area contributed by atoms with E-state index in [9.17, 15) is 4.79 Å². The molecular formula is C25H32ClN5O2. The zero-order valence-electron chi connectivity index (χ0n) is 19.9. The van der Waals surface area contributed by atoms with Crippen LogP contribution in [-0.2, 0) is 11.8 Å². The molecule has 3 aromatic rings. The zero-order valence-corrected chi connectivity index (χ0v) is 20.7. The summed E-state index contributed by atoms with van der Waals surface area (Å²) in [6.45, 7) is 9.29. The number of ether oxygens (including phenoxy) is 1. The van der Waals surface area contributed by atoms with E-state index < -0.39 is 5.60 Å². The highest BCUT2D eigenvalue weighted by atomic mass is 35.5. The summed E-state index contributed by atoms with van der Waals surface area (Å²) >= 11 is 6.66. The lowest BCUT2D eigenvalue weighted by Gasteiger charge is -2.25. The largest absolute Gasteiger partial charge is 0.444 e. The van der Waals surface area contributed by atoms with Crippen LogP contribution in [-0.4, -0.2) is 50.5 Å². The fourth-order valence-corrected chi connectivity index (χ4v) is 5.65. The lowest BCUT2D eigenvalue weighted by Crippen LogP contribution is -2.36. The Bertz CT molecular complexity index is 1190. The maximum absolute atomic E-state index is 12.5. The minimum atomic E-state index is -0.460. The van der Waals surface area contributed by atoms with Crippen LogP contribution < -0.4 is 5.32 Å². The predicted octanol–water partition coefficient (Wildman–Crippen LogP) is 5.59. The van der Waals surface area contributed by atoms with E-state index in [0.717, 1.165) is 64.5 Å². The van der Waals surface area contributed by atoms with Crippen molar-refractivity contribution in [1.82, 2.24) is 19.7 Å². The Morgan fingerprint density at radius 1 is 1.24 bits per heavy atom. The topological polar surface area (TPSA) is 75.2 Å². The predicted molar refractivity (Wildman–Crippen MR) is 132 cm³/mol. The summed E-state index contributed by atoms with van der Waals surface area (Å²) in [7, 11) is 1.93. The first-order chi connectivity index (χ1) is 15.6. The second-order valence-electron chi connectivity index (χ2n) is 10.6. The van der Waals surface area contributed by atoms with Crippen molar-refractivity contribution in [3.63, 3.8) is 0 Å². The molecule has 2 aromatic heterocycles. The fourth-order valence-electron chi connectivity index (χ4n) is 5.43. The number of anilines is 1. The van der Waals surface area contributed by atoms with Crippen molar-refractivity contribution in [2.75, 3.05) is 18.4 Å². The van der Waals surface area contributed by atoms with Gasteiger partial charge in [0.1, 0.15) is 5.60 Å². The Labute approximate surface area is 199 Å². The van der Waals surface area contributed by atoms with Crippen molar-refractivity contribution in [2.45, 2.75) is 52.2 Å². The Morgan fingerprint density at radius 3 is 2.55 bits per heavy atom. The number of amides is 1. The van der Waals surface area contributed by atoms with Gasteiger partial charge in [-0.2, -0.15) is 5.10 Å². The van der Waals surface area contributed by atoms with Crippen LogP contribution in [0.2, 0.25) is 5.02 Å². The minimum absolute atomic E-state index is 0.195. The lowest BCUT2D eigenvalue weighted by molar-refractivity contribution is 0.0280. The summed E-state index contributed by atoms with van der Waals surface area (Å²) in [4.78, 5) is 17.9. The number of benzene rings is 1. The van der Waals surface area contributed by atoms with Gasteiger partial charge in [-0.3, -0.25) is 4.68 Å². The molecule has 2 atom stereocenters. The number of aryl methyl sites for hydroxylation is 2. The van der Waals surface area contributed by atoms with Crippen LogP contribution in [0.1, 0.15) is 39.3 Å². The van der Waals surface area contributed by atoms with Crippen LogP contribution in [0.25, 0.3) is 22.2 Å². The number of rotatable bonds is 3. The van der Waals surface area contributed by atoms with Crippen molar-refractivity contribution in [3.05, 3.63) is 35.1 Å². The van der Waals surface area contributed by atoms with Crippen molar-refractivity contribution < 1.29 is 9.53 Å². The molecule has 2 N–H and O–H groups in total. The van der Waals surface area contributed by atoms with Crippen molar-refractivity contribution in [3.8, 4) is 11.3 Å². The molecule has 1 saturated heterocycles. The van der Waals surface area contributed by atoms with E-state index in [-0.39, 0.29) is 6.09 Å². The van der Waals surface area contributed by atoms with Gasteiger partial charge >= 0.3 is 6.09 Å². The van der Waals surface area contributed by atoms with Gasteiger partial charge in [0.15, 0.2) is 0 Å². The standard InChI is InChI=1S/C25H32ClN5O2/c1-14-19(13-30(5)29-14)22-10-18-21(28-22)7-6-20(26)23(18)27-17-8-15-11-31(12-16(15)9-17)24(32)33-25(2,3)4/h6-7,10,13,15-17,27-28H,8-9,11-12H2,1-5H3. The molecule has 2 unspecified atom stereocenters. The van der Waals surface area contributed by atoms with Gasteiger partial charge in [0.05, 0.1) is 16.4 Å². The number of carbonyl (C=O) groups excluding carboxylic acids is 1. The third kappa shape index (κ3) is 4.31. The van der Waals surface area contributed by atoms with E-state index in [1.54, 1.807) is 0 Å². The number of nitrogens with one attached hydrogen (secondary N) is 2. The number of H-pyrrole nitrogens is 1. The molecule has 8 heteroatoms. The zero-order chi connectivity index (χ0) is 23.5. The second kappa shape index (κ2) is 7.97. The SMILES string of the molecule is Cc1nn(C)cc1-c1cc2c(NC3CC4CN(C(=O)OC(C)(C)C)CC4C3)c(Cl)ccc2[nH]1. The number of hydrogen-bond acceptors (Lipinski definition) is 4. The summed E-state index contributed by atoms with van der Waals surface area (Å²) in [5.74, 6) is 0.987. The van der Waals surface area contributed by atoms with E-state index >= 15 is 0 Å². The second-order valence-corrected chi connectivity index (χ2v) is 11.0. The van der Waals surface area contributed by atoms with Crippen molar-refractivity contribution in [1.29, 1.82) is 0 Å². The molecule has 1 aliphatic heterocycles. The monoisotopic (exact) mass is 469 g/mol. The summed E-state index contributed by atoms with van der Waals surface area (Å²) in [5.41, 5.74) is 4.69. The minimum Gasteiger partial charge on any atom is -0.444 e. The van der Waals surface area contributed by atoms with Gasteiger partial charge in [-0.05, 0) is 70.6 Å². The maximum atomic E-state index is 12.5. The molecule has 1 saturated carbocycles. The average Bonchev–Trinajstić information content (AvgIpc) is 3.44. The van der Waals surface area contributed by atoms with Gasteiger partial charge in [0.2, 0.25) is 0 Å². The number of halogens is 1. The van der Waals surface area contributed by atoms with Gasteiger partial charge in [-0.15, -0.1) is 0 Å². The van der Waals surface area contributed by atoms with Gasteiger partial charge in [0.25, 0.3) is 0 Å². The summed E-state index contributed by atoms with van der Waals surface area (Å²) in [6, 6.07) is 6.47. The Balaban J connectivity index is 1.31. The van der Waals surface area contributed by atoms with E-state index in [1.807, 2.05) is 62.7 Å². The van der Waals surface area contributed by atoms with Crippen LogP contribution in [0.4, 0.5) is 10.5 Å². The van der Waals surface area contributed by atoms with E-state index in [1.165, 1.54) is 0 Å². The molecule has 0 bridgehead atoms. The van der Waals surface area contributed by atoms with Gasteiger partial charge in [-0.25, -0.2) is 4.79 Å². The Kier molecular flexibility index (Phi) is 5.35. The maximum Gasteiger partial charge on any atom is 0.410 e. The average molecular weight is 470 g/mol. The highest BCUT2D eigenvalue weighted by Gasteiger charge is 2.43. The number of aromatic nitrogens is 3. The van der Waals surface area contributed by atoms with Crippen molar-refractivity contribution >= 4 is 34.3 Å². The molecule has 2 fully saturated rings. The smallest absolute Gasteiger partial charge is 0.410 e. The molecule has 1 aliphatic carbocycles. The van der Waals surface area contributed by atoms with Gasteiger partial charge in [-0.1, -0.05) is 11.6 Å². The van der Waals surface area contributed by atoms with Gasteiger partial charge < -0.3 is 19.9 Å². The first-order valence-electron chi connectivity index (χ1n) is 11.6. The molecule has 1 aromatic carbocycles. The number of aromatic amines is 1. The van der Waals surface area contributed by atoms with E-state index in [2.05, 4.69) is 21.5 Å². The Morgan fingerprint density at radius 2 is 1.94 bits per heavy atom. The summed E-state index contributed by atoms with van der Waals surface area (Å²) in [6.07, 6.45) is 3.88. The third-order valence-electron chi connectivity index (χ3n) is 6.81. The Hall–Kier alpha value is -2.67. The quantitative estimate of drug-likeness (QED) is 0.524. The molecule has 0 radical (unpaired) electrons. The molecular weight excluding hydrogens is 438 g/mol. The molecule has 33 heavy (non-hydrogen) atoms. The molecule has 3 heterocycles. The third-order valence-corrected chi connectivity index (χ3v) is 7.12. The van der Waals surface area contributed by atoms with Crippen LogP contribution in [0.5, 0.6) is 0 Å². The molecule has 1 amide bonds. The molecule has 0 spiro atoms.